The summed E-state index contributed by atoms with van der Waals surface area (Å²) < 4.78 is 28.9. The largest absolute Gasteiger partial charge is 0.412 e. The number of halogens is 1. The van der Waals surface area contributed by atoms with Crippen molar-refractivity contribution in [1.29, 1.82) is 0 Å². The molecule has 0 aromatic heterocycles. The van der Waals surface area contributed by atoms with Crippen LogP contribution in [0.4, 0.5) is 0 Å². The molecule has 0 bridgehead atoms. The Bertz CT molecular complexity index is 1090. The SMILES string of the molecule is CC1=C(Cl)[C@@H](P(=O)(c2ccccc2)c2ccccc2)C[P@](=O)(c2ccccc2)C1.O. The van der Waals surface area contributed by atoms with Gasteiger partial charge in [0.25, 0.3) is 0 Å². The van der Waals surface area contributed by atoms with Crippen LogP contribution >= 0.6 is 25.9 Å². The number of rotatable bonds is 4. The van der Waals surface area contributed by atoms with Gasteiger partial charge < -0.3 is 14.6 Å². The Balaban J connectivity index is 0.00000256. The van der Waals surface area contributed by atoms with Crippen LogP contribution in [0.25, 0.3) is 0 Å². The lowest BCUT2D eigenvalue weighted by molar-refractivity contribution is 0.573. The molecule has 1 aliphatic heterocycles. The van der Waals surface area contributed by atoms with Crippen molar-refractivity contribution in [2.45, 2.75) is 12.6 Å². The zero-order valence-electron chi connectivity index (χ0n) is 16.7. The number of hydrogen-bond acceptors (Lipinski definition) is 2. The molecule has 6 heteroatoms. The van der Waals surface area contributed by atoms with Crippen molar-refractivity contribution in [3.05, 3.63) is 102 Å². The van der Waals surface area contributed by atoms with Crippen LogP contribution in [-0.2, 0) is 9.13 Å². The molecule has 0 fully saturated rings. The minimum atomic E-state index is -3.16. The van der Waals surface area contributed by atoms with Crippen LogP contribution in [0.5, 0.6) is 0 Å². The van der Waals surface area contributed by atoms with Crippen LogP contribution in [0.1, 0.15) is 6.92 Å². The smallest absolute Gasteiger partial charge is 0.151 e. The van der Waals surface area contributed by atoms with E-state index >= 15 is 0 Å². The van der Waals surface area contributed by atoms with Gasteiger partial charge in [-0.05, 0) is 6.92 Å². The average Bonchev–Trinajstić information content (AvgIpc) is 2.77. The van der Waals surface area contributed by atoms with Crippen molar-refractivity contribution in [2.24, 2.45) is 0 Å². The quantitative estimate of drug-likeness (QED) is 0.529. The van der Waals surface area contributed by atoms with Crippen LogP contribution < -0.4 is 15.9 Å². The third kappa shape index (κ3) is 4.01. The summed E-state index contributed by atoms with van der Waals surface area (Å²) in [6.45, 7) is 1.92. The van der Waals surface area contributed by atoms with Gasteiger partial charge in [-0.1, -0.05) is 108 Å². The zero-order chi connectivity index (χ0) is 20.5. The van der Waals surface area contributed by atoms with E-state index < -0.39 is 19.9 Å². The van der Waals surface area contributed by atoms with E-state index in [1.54, 1.807) is 0 Å². The predicted octanol–water partition coefficient (Wildman–Crippen LogP) is 4.76. The highest BCUT2D eigenvalue weighted by atomic mass is 35.5. The van der Waals surface area contributed by atoms with Gasteiger partial charge in [-0.3, -0.25) is 0 Å². The maximum atomic E-state index is 14.8. The monoisotopic (exact) mass is 458 g/mol. The van der Waals surface area contributed by atoms with Gasteiger partial charge in [0.15, 0.2) is 7.14 Å². The molecule has 1 heterocycles. The highest BCUT2D eigenvalue weighted by Crippen LogP contribution is 2.62. The highest BCUT2D eigenvalue weighted by Gasteiger charge is 2.46. The summed E-state index contributed by atoms with van der Waals surface area (Å²) in [5.74, 6) is 0. The van der Waals surface area contributed by atoms with Gasteiger partial charge in [-0.15, -0.1) is 0 Å². The van der Waals surface area contributed by atoms with Crippen molar-refractivity contribution < 1.29 is 14.6 Å². The second-order valence-electron chi connectivity index (χ2n) is 7.54. The van der Waals surface area contributed by atoms with E-state index in [9.17, 15) is 9.13 Å². The Hall–Kier alpha value is -1.89. The van der Waals surface area contributed by atoms with Crippen molar-refractivity contribution in [3.8, 4) is 0 Å². The van der Waals surface area contributed by atoms with Gasteiger partial charge in [0.1, 0.15) is 7.14 Å². The Morgan fingerprint density at radius 1 is 0.833 bits per heavy atom. The molecule has 0 saturated carbocycles. The van der Waals surface area contributed by atoms with Gasteiger partial charge in [0.05, 0.1) is 5.66 Å². The molecule has 2 atom stereocenters. The molecule has 0 aliphatic carbocycles. The van der Waals surface area contributed by atoms with Crippen LogP contribution in [0.2, 0.25) is 0 Å². The van der Waals surface area contributed by atoms with Gasteiger partial charge >= 0.3 is 0 Å². The second-order valence-corrected chi connectivity index (χ2v) is 13.9. The molecule has 0 unspecified atom stereocenters. The van der Waals surface area contributed by atoms with Gasteiger partial charge in [-0.2, -0.15) is 0 Å². The van der Waals surface area contributed by atoms with E-state index in [0.717, 1.165) is 21.5 Å². The first kappa shape index (κ1) is 22.8. The molecular weight excluding hydrogens is 434 g/mol. The molecule has 156 valence electrons. The van der Waals surface area contributed by atoms with E-state index in [2.05, 4.69) is 0 Å². The third-order valence-corrected chi connectivity index (χ3v) is 13.3. The van der Waals surface area contributed by atoms with Crippen LogP contribution in [0, 0.1) is 0 Å². The molecule has 30 heavy (non-hydrogen) atoms. The second kappa shape index (κ2) is 9.08. The number of allylic oxidation sites excluding steroid dienone is 2. The summed E-state index contributed by atoms with van der Waals surface area (Å²) in [5, 5.41) is 2.94. The Labute approximate surface area is 182 Å². The predicted molar refractivity (Wildman–Crippen MR) is 129 cm³/mol. The lowest BCUT2D eigenvalue weighted by atomic mass is 10.2. The molecule has 0 spiro atoms. The van der Waals surface area contributed by atoms with Crippen molar-refractivity contribution in [3.63, 3.8) is 0 Å². The molecule has 2 N–H and O–H groups in total. The first-order valence-electron chi connectivity index (χ1n) is 9.65. The number of hydrogen-bond donors (Lipinski definition) is 0. The first-order valence-corrected chi connectivity index (χ1v) is 13.9. The third-order valence-electron chi connectivity index (χ3n) is 5.61. The Kier molecular flexibility index (Phi) is 6.90. The standard InChI is InChI=1S/C24H23ClO2P2.H2O/c1-19-17-28(26,20-11-5-2-6-12-20)18-23(24(19)25)29(27,21-13-7-3-8-14-21)22-15-9-4-10-16-22;/h2-16,23H,17-18H2,1H3;1H2/t23-,28-;/m0./s1. The van der Waals surface area contributed by atoms with Crippen LogP contribution in [-0.4, -0.2) is 23.5 Å². The molecule has 3 aromatic carbocycles. The highest BCUT2D eigenvalue weighted by molar-refractivity contribution is 7.81. The first-order chi connectivity index (χ1) is 13.9. The molecular formula is C24H25ClO3P2. The minimum Gasteiger partial charge on any atom is -0.412 e. The fourth-order valence-electron chi connectivity index (χ4n) is 4.15. The molecule has 1 aliphatic rings. The Morgan fingerprint density at radius 3 is 1.73 bits per heavy atom. The van der Waals surface area contributed by atoms with E-state index in [1.807, 2.05) is 97.9 Å². The molecule has 0 saturated heterocycles. The van der Waals surface area contributed by atoms with Crippen LogP contribution in [0.3, 0.4) is 0 Å². The summed E-state index contributed by atoms with van der Waals surface area (Å²) in [6, 6.07) is 28.6. The van der Waals surface area contributed by atoms with E-state index in [0.29, 0.717) is 17.4 Å². The molecule has 3 aromatic rings. The zero-order valence-corrected chi connectivity index (χ0v) is 19.3. The summed E-state index contributed by atoms with van der Waals surface area (Å²) in [6.07, 6.45) is 0.754. The van der Waals surface area contributed by atoms with Gasteiger partial charge in [0.2, 0.25) is 0 Å². The van der Waals surface area contributed by atoms with E-state index in [1.165, 1.54) is 0 Å². The lowest BCUT2D eigenvalue weighted by Crippen LogP contribution is -2.33. The maximum absolute atomic E-state index is 14.8. The number of benzene rings is 3. The molecule has 3 nitrogen and oxygen atoms in total. The van der Waals surface area contributed by atoms with Crippen molar-refractivity contribution in [2.75, 3.05) is 12.3 Å². The fraction of sp³-hybridized carbons (Fsp3) is 0.167. The van der Waals surface area contributed by atoms with Crippen molar-refractivity contribution >= 4 is 41.8 Å². The maximum Gasteiger partial charge on any atom is 0.151 e. The normalized spacial score (nSPS) is 21.7. The van der Waals surface area contributed by atoms with E-state index in [-0.39, 0.29) is 5.48 Å². The van der Waals surface area contributed by atoms with Crippen LogP contribution in [0.15, 0.2) is 102 Å². The molecule has 4 rings (SSSR count). The lowest BCUT2D eigenvalue weighted by Gasteiger charge is -2.36. The minimum absolute atomic E-state index is 0. The summed E-state index contributed by atoms with van der Waals surface area (Å²) >= 11 is 6.82. The van der Waals surface area contributed by atoms with Crippen molar-refractivity contribution in [1.82, 2.24) is 0 Å². The Morgan fingerprint density at radius 2 is 1.27 bits per heavy atom. The average molecular weight is 459 g/mol. The summed E-state index contributed by atoms with van der Waals surface area (Å²) in [7, 11) is -5.92. The summed E-state index contributed by atoms with van der Waals surface area (Å²) in [4.78, 5) is 0. The topological polar surface area (TPSA) is 65.6 Å². The summed E-state index contributed by atoms with van der Waals surface area (Å²) in [5.41, 5.74) is 0.385. The fourth-order valence-corrected chi connectivity index (χ4v) is 12.3. The van der Waals surface area contributed by atoms with E-state index in [4.69, 9.17) is 11.6 Å². The molecule has 0 radical (unpaired) electrons. The molecule has 0 amide bonds. The van der Waals surface area contributed by atoms with Gasteiger partial charge in [0, 0.05) is 33.3 Å². The van der Waals surface area contributed by atoms with Gasteiger partial charge in [-0.25, -0.2) is 0 Å².